The fraction of sp³-hybridized carbons (Fsp3) is 0.538. The van der Waals surface area contributed by atoms with Gasteiger partial charge >= 0.3 is 0 Å². The van der Waals surface area contributed by atoms with Gasteiger partial charge in [-0.3, -0.25) is 0 Å². The number of hydrogen-bond donors (Lipinski definition) is 0. The van der Waals surface area contributed by atoms with Crippen molar-refractivity contribution < 1.29 is 0 Å². The van der Waals surface area contributed by atoms with Crippen molar-refractivity contribution in [2.75, 3.05) is 0 Å². The summed E-state index contributed by atoms with van der Waals surface area (Å²) in [4.78, 5) is 0. The molecule has 0 N–H and O–H groups in total. The lowest BCUT2D eigenvalue weighted by molar-refractivity contribution is 0.638. The summed E-state index contributed by atoms with van der Waals surface area (Å²) in [6.45, 7) is 2.22. The summed E-state index contributed by atoms with van der Waals surface area (Å²) >= 11 is 9.76. The van der Waals surface area contributed by atoms with Crippen LogP contribution in [0.3, 0.4) is 0 Å². The van der Waals surface area contributed by atoms with Crippen molar-refractivity contribution in [3.8, 4) is 0 Å². The Kier molecular flexibility index (Phi) is 6.35. The van der Waals surface area contributed by atoms with Crippen LogP contribution >= 0.6 is 27.5 Å². The van der Waals surface area contributed by atoms with Crippen LogP contribution in [0.4, 0.5) is 0 Å². The highest BCUT2D eigenvalue weighted by molar-refractivity contribution is 9.10. The molecule has 0 amide bonds. The second-order valence-corrected chi connectivity index (χ2v) is 5.46. The van der Waals surface area contributed by atoms with Crippen LogP contribution in [0.5, 0.6) is 0 Å². The monoisotopic (exact) mass is 288 g/mol. The summed E-state index contributed by atoms with van der Waals surface area (Å²) in [6.07, 6.45) is 5.91. The van der Waals surface area contributed by atoms with Crippen molar-refractivity contribution in [2.24, 2.45) is 0 Å². The van der Waals surface area contributed by atoms with Gasteiger partial charge in [-0.25, -0.2) is 0 Å². The Morgan fingerprint density at radius 1 is 1.33 bits per heavy atom. The highest BCUT2D eigenvalue weighted by Gasteiger charge is 2.05. The van der Waals surface area contributed by atoms with E-state index in [0.29, 0.717) is 0 Å². The topological polar surface area (TPSA) is 0 Å². The molecule has 0 saturated heterocycles. The summed E-state index contributed by atoms with van der Waals surface area (Å²) in [5, 5.41) is 0.283. The molecule has 1 unspecified atom stereocenters. The lowest BCUT2D eigenvalue weighted by atomic mass is 10.1. The van der Waals surface area contributed by atoms with E-state index in [2.05, 4.69) is 41.1 Å². The van der Waals surface area contributed by atoms with Crippen LogP contribution in [0.1, 0.15) is 38.2 Å². The second kappa shape index (κ2) is 7.29. The molecule has 0 fully saturated rings. The summed E-state index contributed by atoms with van der Waals surface area (Å²) in [6, 6.07) is 8.40. The predicted molar refractivity (Wildman–Crippen MR) is 71.6 cm³/mol. The van der Waals surface area contributed by atoms with Gasteiger partial charge in [0.1, 0.15) is 0 Å². The molecule has 0 heterocycles. The van der Waals surface area contributed by atoms with E-state index in [1.807, 2.05) is 6.07 Å². The fourth-order valence-corrected chi connectivity index (χ4v) is 2.42. The van der Waals surface area contributed by atoms with Crippen LogP contribution in [0.2, 0.25) is 0 Å². The first-order valence-electron chi connectivity index (χ1n) is 5.61. The normalized spacial score (nSPS) is 12.7. The van der Waals surface area contributed by atoms with Crippen LogP contribution in [0.15, 0.2) is 28.7 Å². The third-order valence-corrected chi connectivity index (χ3v) is 3.33. The van der Waals surface area contributed by atoms with Crippen molar-refractivity contribution in [3.63, 3.8) is 0 Å². The number of halogens is 2. The largest absolute Gasteiger partial charge is 0.123 e. The maximum absolute atomic E-state index is 6.29. The molecule has 0 aliphatic heterocycles. The third-order valence-electron chi connectivity index (χ3n) is 2.47. The van der Waals surface area contributed by atoms with E-state index in [1.54, 1.807) is 0 Å². The van der Waals surface area contributed by atoms with E-state index in [4.69, 9.17) is 11.6 Å². The van der Waals surface area contributed by atoms with Gasteiger partial charge in [0, 0.05) is 9.85 Å². The number of hydrogen-bond acceptors (Lipinski definition) is 0. The Labute approximate surface area is 106 Å². The van der Waals surface area contributed by atoms with Crippen molar-refractivity contribution in [1.29, 1.82) is 0 Å². The van der Waals surface area contributed by atoms with Gasteiger partial charge in [-0.15, -0.1) is 11.6 Å². The average Bonchev–Trinajstić information content (AvgIpc) is 2.18. The molecule has 2 heteroatoms. The van der Waals surface area contributed by atoms with Gasteiger partial charge in [-0.2, -0.15) is 0 Å². The molecule has 15 heavy (non-hydrogen) atoms. The smallest absolute Gasteiger partial charge is 0.0376 e. The molecule has 0 radical (unpaired) electrons. The summed E-state index contributed by atoms with van der Waals surface area (Å²) in [5.74, 6) is 0. The van der Waals surface area contributed by atoms with Gasteiger partial charge in [-0.05, 0) is 30.5 Å². The van der Waals surface area contributed by atoms with E-state index in [0.717, 1.165) is 17.3 Å². The Balaban J connectivity index is 2.34. The molecule has 0 aliphatic rings. The zero-order valence-corrected chi connectivity index (χ0v) is 11.5. The fourth-order valence-electron chi connectivity index (χ4n) is 1.64. The number of rotatable bonds is 6. The average molecular weight is 290 g/mol. The van der Waals surface area contributed by atoms with Gasteiger partial charge in [-0.1, -0.05) is 54.2 Å². The first kappa shape index (κ1) is 13.1. The minimum atomic E-state index is 0.283. The maximum atomic E-state index is 6.29. The Morgan fingerprint density at radius 2 is 2.13 bits per heavy atom. The minimum Gasteiger partial charge on any atom is -0.123 e. The SMILES string of the molecule is CCCCCC(Cl)Cc1cccc(Br)c1. The number of benzene rings is 1. The van der Waals surface area contributed by atoms with Gasteiger partial charge in [0.25, 0.3) is 0 Å². The molecule has 1 aromatic carbocycles. The molecule has 0 nitrogen and oxygen atoms in total. The molecule has 84 valence electrons. The van der Waals surface area contributed by atoms with Crippen molar-refractivity contribution >= 4 is 27.5 Å². The van der Waals surface area contributed by atoms with E-state index in [9.17, 15) is 0 Å². The third kappa shape index (κ3) is 5.58. The second-order valence-electron chi connectivity index (χ2n) is 3.93. The van der Waals surface area contributed by atoms with Crippen molar-refractivity contribution in [3.05, 3.63) is 34.3 Å². The quantitative estimate of drug-likeness (QED) is 0.500. The van der Waals surface area contributed by atoms with Gasteiger partial charge in [0.05, 0.1) is 0 Å². The molecule has 0 aromatic heterocycles. The lowest BCUT2D eigenvalue weighted by Crippen LogP contribution is -2.03. The maximum Gasteiger partial charge on any atom is 0.0376 e. The molecule has 0 aliphatic carbocycles. The predicted octanol–water partition coefficient (Wildman–Crippen LogP) is 5.18. The summed E-state index contributed by atoms with van der Waals surface area (Å²) < 4.78 is 1.14. The Morgan fingerprint density at radius 3 is 2.80 bits per heavy atom. The minimum absolute atomic E-state index is 0.283. The molecular formula is C13H18BrCl. The zero-order chi connectivity index (χ0) is 11.1. The molecule has 0 bridgehead atoms. The van der Waals surface area contributed by atoms with E-state index in [-0.39, 0.29) is 5.38 Å². The summed E-state index contributed by atoms with van der Waals surface area (Å²) in [7, 11) is 0. The Bertz CT molecular complexity index is 286. The zero-order valence-electron chi connectivity index (χ0n) is 9.18. The lowest BCUT2D eigenvalue weighted by Gasteiger charge is -2.09. The summed E-state index contributed by atoms with van der Waals surface area (Å²) in [5.41, 5.74) is 1.32. The van der Waals surface area contributed by atoms with E-state index < -0.39 is 0 Å². The highest BCUT2D eigenvalue weighted by atomic mass is 79.9. The van der Waals surface area contributed by atoms with Crippen LogP contribution in [-0.4, -0.2) is 5.38 Å². The first-order chi connectivity index (χ1) is 7.22. The standard InChI is InChI=1S/C13H18BrCl/c1-2-3-4-8-13(15)10-11-6-5-7-12(14)9-11/h5-7,9,13H,2-4,8,10H2,1H3. The Hall–Kier alpha value is -0.0100. The van der Waals surface area contributed by atoms with Crippen molar-refractivity contribution in [1.82, 2.24) is 0 Å². The molecule has 0 saturated carbocycles. The van der Waals surface area contributed by atoms with Gasteiger partial charge in [0.2, 0.25) is 0 Å². The number of alkyl halides is 1. The van der Waals surface area contributed by atoms with Crippen LogP contribution in [0.25, 0.3) is 0 Å². The van der Waals surface area contributed by atoms with Crippen LogP contribution < -0.4 is 0 Å². The van der Waals surface area contributed by atoms with Crippen LogP contribution in [-0.2, 0) is 6.42 Å². The van der Waals surface area contributed by atoms with Gasteiger partial charge in [0.15, 0.2) is 0 Å². The molecule has 0 spiro atoms. The molecular weight excluding hydrogens is 272 g/mol. The first-order valence-corrected chi connectivity index (χ1v) is 6.84. The van der Waals surface area contributed by atoms with Gasteiger partial charge < -0.3 is 0 Å². The molecule has 1 rings (SSSR count). The molecule has 1 atom stereocenters. The molecule has 1 aromatic rings. The van der Waals surface area contributed by atoms with Crippen molar-refractivity contribution in [2.45, 2.75) is 44.4 Å². The van der Waals surface area contributed by atoms with Crippen LogP contribution in [0, 0.1) is 0 Å². The highest BCUT2D eigenvalue weighted by Crippen LogP contribution is 2.18. The van der Waals surface area contributed by atoms with E-state index in [1.165, 1.54) is 24.8 Å². The van der Waals surface area contributed by atoms with E-state index >= 15 is 0 Å². The number of unbranched alkanes of at least 4 members (excludes halogenated alkanes) is 2.